The van der Waals surface area contributed by atoms with Crippen LogP contribution in [0.3, 0.4) is 0 Å². The van der Waals surface area contributed by atoms with Crippen LogP contribution >= 0.6 is 0 Å². The van der Waals surface area contributed by atoms with Crippen LogP contribution in [0.1, 0.15) is 36.5 Å². The predicted octanol–water partition coefficient (Wildman–Crippen LogP) is 3.39. The van der Waals surface area contributed by atoms with E-state index in [0.29, 0.717) is 24.5 Å². The zero-order valence-electron chi connectivity index (χ0n) is 14.8. The molecular weight excluding hydrogens is 306 g/mol. The number of hydrogen-bond donors (Lipinski definition) is 0. The largest absolute Gasteiger partial charge is 0.504 e. The Kier molecular flexibility index (Phi) is 6.41. The number of hydrogen-bond acceptors (Lipinski definition) is 5. The van der Waals surface area contributed by atoms with Crippen LogP contribution < -0.4 is 0 Å². The lowest BCUT2D eigenvalue weighted by Gasteiger charge is -2.11. The molecule has 0 N–H and O–H groups in total. The highest BCUT2D eigenvalue weighted by atomic mass is 16.6. The van der Waals surface area contributed by atoms with Gasteiger partial charge in [-0.25, -0.2) is 4.79 Å². The van der Waals surface area contributed by atoms with E-state index in [4.69, 9.17) is 14.3 Å². The average Bonchev–Trinajstić information content (AvgIpc) is 3.39. The predicted molar refractivity (Wildman–Crippen MR) is 92.9 cm³/mol. The van der Waals surface area contributed by atoms with Crippen LogP contribution in [-0.4, -0.2) is 32.5 Å². The first kappa shape index (κ1) is 18.0. The van der Waals surface area contributed by atoms with Gasteiger partial charge in [0.05, 0.1) is 31.8 Å². The van der Waals surface area contributed by atoms with E-state index in [2.05, 4.69) is 5.16 Å². The van der Waals surface area contributed by atoms with Crippen LogP contribution in [0.5, 0.6) is 0 Å². The Balaban J connectivity index is 2.14. The molecule has 24 heavy (non-hydrogen) atoms. The molecule has 0 radical (unpaired) electrons. The van der Waals surface area contributed by atoms with E-state index in [-0.39, 0.29) is 5.97 Å². The first-order valence-corrected chi connectivity index (χ1v) is 8.11. The van der Waals surface area contributed by atoms with E-state index in [1.807, 2.05) is 32.0 Å². The molecular formula is C19H25NO4. The zero-order valence-corrected chi connectivity index (χ0v) is 14.8. The molecule has 1 saturated carbocycles. The molecule has 130 valence electrons. The maximum Gasteiger partial charge on any atom is 0.337 e. The summed E-state index contributed by atoms with van der Waals surface area (Å²) < 4.78 is 9.80. The molecule has 0 amide bonds. The fourth-order valence-electron chi connectivity index (χ4n) is 2.30. The molecule has 5 heteroatoms. The van der Waals surface area contributed by atoms with Crippen molar-refractivity contribution < 1.29 is 19.1 Å². The first-order valence-electron chi connectivity index (χ1n) is 8.11. The van der Waals surface area contributed by atoms with Crippen LogP contribution in [0.4, 0.5) is 0 Å². The maximum absolute atomic E-state index is 11.8. The van der Waals surface area contributed by atoms with Gasteiger partial charge in [0.1, 0.15) is 6.61 Å². The summed E-state index contributed by atoms with van der Waals surface area (Å²) in [7, 11) is 2.88. The third kappa shape index (κ3) is 5.11. The highest BCUT2D eigenvalue weighted by Crippen LogP contribution is 2.28. The molecule has 1 aromatic carbocycles. The normalized spacial score (nSPS) is 15.2. The second-order valence-corrected chi connectivity index (χ2v) is 6.10. The van der Waals surface area contributed by atoms with Gasteiger partial charge in [-0.2, -0.15) is 0 Å². The number of methoxy groups -OCH3 is 2. The second-order valence-electron chi connectivity index (χ2n) is 6.10. The summed E-state index contributed by atoms with van der Waals surface area (Å²) in [6.07, 6.45) is 4.35. The standard InChI is InChI=1S/C19H25NO4/c1-13-5-8-16(14(2)20-24-11-15-6-7-15)9-17(13)10-18(12-22-3)19(21)23-4/h5,8-9,12,15H,6-7,10-11H2,1-4H3/b18-12+,20-14?. The van der Waals surface area contributed by atoms with Gasteiger partial charge < -0.3 is 14.3 Å². The summed E-state index contributed by atoms with van der Waals surface area (Å²) in [6.45, 7) is 4.63. The Morgan fingerprint density at radius 2 is 2.08 bits per heavy atom. The molecule has 0 heterocycles. The van der Waals surface area contributed by atoms with Gasteiger partial charge in [0.2, 0.25) is 0 Å². The Bertz CT molecular complexity index is 645. The van der Waals surface area contributed by atoms with Gasteiger partial charge in [0, 0.05) is 6.42 Å². The number of carbonyl (C=O) groups is 1. The number of benzene rings is 1. The van der Waals surface area contributed by atoms with Crippen molar-refractivity contribution in [3.8, 4) is 0 Å². The monoisotopic (exact) mass is 331 g/mol. The summed E-state index contributed by atoms with van der Waals surface area (Å²) in [5, 5.41) is 4.20. The Morgan fingerprint density at radius 1 is 1.33 bits per heavy atom. The molecule has 1 aliphatic rings. The molecule has 1 fully saturated rings. The molecule has 0 unspecified atom stereocenters. The topological polar surface area (TPSA) is 57.1 Å². The van der Waals surface area contributed by atoms with Gasteiger partial charge in [-0.3, -0.25) is 0 Å². The molecule has 0 aromatic heterocycles. The van der Waals surface area contributed by atoms with Crippen molar-refractivity contribution in [2.75, 3.05) is 20.8 Å². The molecule has 5 nitrogen and oxygen atoms in total. The van der Waals surface area contributed by atoms with Gasteiger partial charge >= 0.3 is 5.97 Å². The molecule has 0 bridgehead atoms. The Labute approximate surface area is 143 Å². The lowest BCUT2D eigenvalue weighted by Crippen LogP contribution is -2.09. The molecule has 0 aliphatic heterocycles. The zero-order chi connectivity index (χ0) is 17.5. The van der Waals surface area contributed by atoms with Gasteiger partial charge in [-0.1, -0.05) is 17.3 Å². The minimum absolute atomic E-state index is 0.389. The molecule has 0 spiro atoms. The highest BCUT2D eigenvalue weighted by molar-refractivity contribution is 5.98. The van der Waals surface area contributed by atoms with Crippen LogP contribution in [0, 0.1) is 12.8 Å². The Morgan fingerprint density at radius 3 is 2.71 bits per heavy atom. The molecule has 0 atom stereocenters. The third-order valence-corrected chi connectivity index (χ3v) is 4.06. The van der Waals surface area contributed by atoms with E-state index in [1.54, 1.807) is 0 Å². The van der Waals surface area contributed by atoms with Crippen LogP contribution in [-0.2, 0) is 25.5 Å². The quantitative estimate of drug-likeness (QED) is 0.241. The molecule has 0 saturated heterocycles. The van der Waals surface area contributed by atoms with E-state index < -0.39 is 0 Å². The number of nitrogens with zero attached hydrogens (tertiary/aromatic N) is 1. The smallest absolute Gasteiger partial charge is 0.337 e. The lowest BCUT2D eigenvalue weighted by molar-refractivity contribution is -0.136. The van der Waals surface area contributed by atoms with Crippen molar-refractivity contribution in [2.24, 2.45) is 11.1 Å². The van der Waals surface area contributed by atoms with Crippen molar-refractivity contribution in [1.29, 1.82) is 0 Å². The summed E-state index contributed by atoms with van der Waals surface area (Å²) in [5.41, 5.74) is 4.40. The summed E-state index contributed by atoms with van der Waals surface area (Å²) in [6, 6.07) is 6.06. The number of rotatable bonds is 8. The van der Waals surface area contributed by atoms with Gasteiger partial charge in [0.25, 0.3) is 0 Å². The lowest BCUT2D eigenvalue weighted by atomic mass is 9.97. The SMILES string of the molecule is CO/C=C(\Cc1cc(C(C)=NOCC2CC2)ccc1C)C(=O)OC. The average molecular weight is 331 g/mol. The highest BCUT2D eigenvalue weighted by Gasteiger charge is 2.22. The van der Waals surface area contributed by atoms with Crippen LogP contribution in [0.15, 0.2) is 35.2 Å². The van der Waals surface area contributed by atoms with Crippen molar-refractivity contribution >= 4 is 11.7 Å². The number of aryl methyl sites for hydroxylation is 1. The third-order valence-electron chi connectivity index (χ3n) is 4.06. The van der Waals surface area contributed by atoms with E-state index in [0.717, 1.165) is 22.4 Å². The van der Waals surface area contributed by atoms with Crippen molar-refractivity contribution in [3.05, 3.63) is 46.7 Å². The first-order chi connectivity index (χ1) is 11.5. The maximum atomic E-state index is 11.8. The van der Waals surface area contributed by atoms with E-state index in [1.165, 1.54) is 33.3 Å². The van der Waals surface area contributed by atoms with Crippen LogP contribution in [0.25, 0.3) is 0 Å². The van der Waals surface area contributed by atoms with E-state index in [9.17, 15) is 4.79 Å². The fourth-order valence-corrected chi connectivity index (χ4v) is 2.30. The fraction of sp³-hybridized carbons (Fsp3) is 0.474. The minimum Gasteiger partial charge on any atom is -0.504 e. The van der Waals surface area contributed by atoms with Gasteiger partial charge in [0.15, 0.2) is 0 Å². The van der Waals surface area contributed by atoms with Crippen molar-refractivity contribution in [2.45, 2.75) is 33.1 Å². The van der Waals surface area contributed by atoms with Gasteiger partial charge in [-0.05, 0) is 55.4 Å². The molecule has 1 aromatic rings. The number of esters is 1. The Hall–Kier alpha value is -2.30. The second kappa shape index (κ2) is 8.52. The minimum atomic E-state index is -0.389. The number of ether oxygens (including phenoxy) is 2. The summed E-state index contributed by atoms with van der Waals surface area (Å²) in [5.74, 6) is 0.289. The van der Waals surface area contributed by atoms with E-state index >= 15 is 0 Å². The van der Waals surface area contributed by atoms with Crippen LogP contribution in [0.2, 0.25) is 0 Å². The molecule has 2 rings (SSSR count). The summed E-state index contributed by atoms with van der Waals surface area (Å²) in [4.78, 5) is 17.2. The molecule has 1 aliphatic carbocycles. The van der Waals surface area contributed by atoms with Crippen molar-refractivity contribution in [1.82, 2.24) is 0 Å². The number of carbonyl (C=O) groups excluding carboxylic acids is 1. The van der Waals surface area contributed by atoms with Gasteiger partial charge in [-0.15, -0.1) is 0 Å². The van der Waals surface area contributed by atoms with Crippen molar-refractivity contribution in [3.63, 3.8) is 0 Å². The summed E-state index contributed by atoms with van der Waals surface area (Å²) >= 11 is 0. The number of oxime groups is 1.